The lowest BCUT2D eigenvalue weighted by Crippen LogP contribution is -2.58. The van der Waals surface area contributed by atoms with Gasteiger partial charge in [-0.1, -0.05) is 26.0 Å². The van der Waals surface area contributed by atoms with Crippen LogP contribution in [0.4, 0.5) is 0 Å². The normalized spacial score (nSPS) is 16.4. The predicted octanol–water partition coefficient (Wildman–Crippen LogP) is 2.31. The molecule has 1 atom stereocenters. The molecule has 0 aromatic heterocycles. The number of hydrogen-bond donors (Lipinski definition) is 0. The smallest absolute Gasteiger partial charge is 0.262 e. The summed E-state index contributed by atoms with van der Waals surface area (Å²) in [5, 5.41) is 0. The largest absolute Gasteiger partial charge is 0.497 e. The predicted molar refractivity (Wildman–Crippen MR) is 128 cm³/mol. The van der Waals surface area contributed by atoms with Crippen LogP contribution in [0.25, 0.3) is 0 Å². The van der Waals surface area contributed by atoms with Gasteiger partial charge in [0.25, 0.3) is 17.7 Å². The van der Waals surface area contributed by atoms with Gasteiger partial charge < -0.3 is 19.3 Å². The molecule has 2 aromatic rings. The number of nitrogens with zero attached hydrogens (tertiary/aromatic N) is 3. The van der Waals surface area contributed by atoms with Crippen LogP contribution in [0.5, 0.6) is 11.5 Å². The van der Waals surface area contributed by atoms with Crippen LogP contribution >= 0.6 is 0 Å². The Morgan fingerprint density at radius 3 is 1.74 bits per heavy atom. The first-order chi connectivity index (χ1) is 16.8. The molecule has 35 heavy (non-hydrogen) atoms. The van der Waals surface area contributed by atoms with E-state index >= 15 is 0 Å². The van der Waals surface area contributed by atoms with E-state index in [0.717, 1.165) is 4.90 Å². The van der Waals surface area contributed by atoms with Crippen LogP contribution in [0.15, 0.2) is 42.5 Å². The highest BCUT2D eigenvalue weighted by atomic mass is 16.5. The van der Waals surface area contributed by atoms with Crippen molar-refractivity contribution in [1.29, 1.82) is 0 Å². The molecule has 1 unspecified atom stereocenters. The lowest BCUT2D eigenvalue weighted by molar-refractivity contribution is -0.138. The van der Waals surface area contributed by atoms with E-state index < -0.39 is 17.9 Å². The van der Waals surface area contributed by atoms with E-state index in [2.05, 4.69) is 0 Å². The molecule has 2 aliphatic rings. The highest BCUT2D eigenvalue weighted by Crippen LogP contribution is 2.29. The van der Waals surface area contributed by atoms with E-state index in [9.17, 15) is 19.2 Å². The number of carbonyl (C=O) groups excluding carboxylic acids is 4. The second-order valence-corrected chi connectivity index (χ2v) is 8.93. The topological polar surface area (TPSA) is 96.5 Å². The maximum Gasteiger partial charge on any atom is 0.262 e. The fraction of sp³-hybridized carbons (Fsp3) is 0.385. The standard InChI is InChI=1S/C26H29N3O6/c1-16(2)22(29-24(31)20-7-5-6-8-21(20)25(29)32)26(33)28-11-9-27(10-12-28)23(30)17-13-18(34-3)15-19(14-17)35-4/h5-8,13-16,22H,9-12H2,1-4H3. The summed E-state index contributed by atoms with van der Waals surface area (Å²) in [5.74, 6) is -0.602. The second-order valence-electron chi connectivity index (χ2n) is 8.93. The second kappa shape index (κ2) is 9.77. The molecule has 2 aliphatic heterocycles. The minimum Gasteiger partial charge on any atom is -0.497 e. The van der Waals surface area contributed by atoms with Gasteiger partial charge in [0.05, 0.1) is 25.3 Å². The fourth-order valence-corrected chi connectivity index (χ4v) is 4.58. The molecule has 0 spiro atoms. The number of fused-ring (bicyclic) bond motifs is 1. The summed E-state index contributed by atoms with van der Waals surface area (Å²) >= 11 is 0. The first-order valence-corrected chi connectivity index (χ1v) is 11.5. The minimum absolute atomic E-state index is 0.185. The molecule has 1 saturated heterocycles. The van der Waals surface area contributed by atoms with Gasteiger partial charge in [0.15, 0.2) is 0 Å². The number of methoxy groups -OCH3 is 2. The van der Waals surface area contributed by atoms with Crippen LogP contribution in [-0.2, 0) is 4.79 Å². The molecular formula is C26H29N3O6. The van der Waals surface area contributed by atoms with Crippen molar-refractivity contribution in [2.75, 3.05) is 40.4 Å². The van der Waals surface area contributed by atoms with E-state index in [-0.39, 0.29) is 17.7 Å². The van der Waals surface area contributed by atoms with Gasteiger partial charge in [0.1, 0.15) is 17.5 Å². The average molecular weight is 480 g/mol. The highest BCUT2D eigenvalue weighted by molar-refractivity contribution is 6.22. The molecule has 1 fully saturated rings. The summed E-state index contributed by atoms with van der Waals surface area (Å²) in [6.45, 7) is 4.91. The first-order valence-electron chi connectivity index (χ1n) is 11.5. The first kappa shape index (κ1) is 24.3. The van der Waals surface area contributed by atoms with Crippen molar-refractivity contribution in [3.8, 4) is 11.5 Å². The number of ether oxygens (including phenoxy) is 2. The van der Waals surface area contributed by atoms with Crippen LogP contribution in [0.2, 0.25) is 0 Å². The third-order valence-corrected chi connectivity index (χ3v) is 6.47. The molecular weight excluding hydrogens is 450 g/mol. The molecule has 2 aromatic carbocycles. The summed E-state index contributed by atoms with van der Waals surface area (Å²) in [4.78, 5) is 57.0. The monoisotopic (exact) mass is 479 g/mol. The number of benzene rings is 2. The number of rotatable bonds is 6. The molecule has 184 valence electrons. The number of amides is 4. The van der Waals surface area contributed by atoms with E-state index in [1.54, 1.807) is 52.3 Å². The summed E-state index contributed by atoms with van der Waals surface area (Å²) in [7, 11) is 3.04. The zero-order chi connectivity index (χ0) is 25.3. The Balaban J connectivity index is 1.47. The van der Waals surface area contributed by atoms with Crippen LogP contribution in [0.3, 0.4) is 0 Å². The van der Waals surface area contributed by atoms with Gasteiger partial charge in [-0.2, -0.15) is 0 Å². The van der Waals surface area contributed by atoms with Crippen molar-refractivity contribution >= 4 is 23.6 Å². The Morgan fingerprint density at radius 2 is 1.29 bits per heavy atom. The molecule has 0 N–H and O–H groups in total. The van der Waals surface area contributed by atoms with Gasteiger partial charge in [0.2, 0.25) is 5.91 Å². The number of hydrogen-bond acceptors (Lipinski definition) is 6. The molecule has 0 radical (unpaired) electrons. The van der Waals surface area contributed by atoms with Crippen LogP contribution in [0.1, 0.15) is 44.9 Å². The number of imide groups is 1. The van der Waals surface area contributed by atoms with Gasteiger partial charge in [-0.15, -0.1) is 0 Å². The Labute approximate surface area is 204 Å². The van der Waals surface area contributed by atoms with E-state index in [1.165, 1.54) is 14.2 Å². The molecule has 0 aliphatic carbocycles. The van der Waals surface area contributed by atoms with Crippen LogP contribution < -0.4 is 9.47 Å². The maximum absolute atomic E-state index is 13.5. The molecule has 0 bridgehead atoms. The SMILES string of the molecule is COc1cc(OC)cc(C(=O)N2CCN(C(=O)C(C(C)C)N3C(=O)c4ccccc4C3=O)CC2)c1. The van der Waals surface area contributed by atoms with E-state index in [4.69, 9.17) is 9.47 Å². The Kier molecular flexibility index (Phi) is 6.77. The van der Waals surface area contributed by atoms with Crippen LogP contribution in [-0.4, -0.2) is 84.8 Å². The van der Waals surface area contributed by atoms with Crippen molar-refractivity contribution in [1.82, 2.24) is 14.7 Å². The fourth-order valence-electron chi connectivity index (χ4n) is 4.58. The van der Waals surface area contributed by atoms with E-state index in [1.807, 2.05) is 13.8 Å². The number of carbonyl (C=O) groups is 4. The van der Waals surface area contributed by atoms with Crippen molar-refractivity contribution < 1.29 is 28.7 Å². The lowest BCUT2D eigenvalue weighted by atomic mass is 10.0. The third kappa shape index (κ3) is 4.45. The van der Waals surface area contributed by atoms with Gasteiger partial charge in [0, 0.05) is 37.8 Å². The van der Waals surface area contributed by atoms with Crippen molar-refractivity contribution in [2.24, 2.45) is 5.92 Å². The summed E-state index contributed by atoms with van der Waals surface area (Å²) < 4.78 is 10.5. The van der Waals surface area contributed by atoms with Crippen molar-refractivity contribution in [3.63, 3.8) is 0 Å². The molecule has 4 amide bonds. The average Bonchev–Trinajstić information content (AvgIpc) is 3.13. The van der Waals surface area contributed by atoms with Crippen molar-refractivity contribution in [2.45, 2.75) is 19.9 Å². The van der Waals surface area contributed by atoms with E-state index in [0.29, 0.717) is 54.4 Å². The van der Waals surface area contributed by atoms with Gasteiger partial charge in [-0.25, -0.2) is 0 Å². The molecule has 0 saturated carbocycles. The minimum atomic E-state index is -0.910. The van der Waals surface area contributed by atoms with Gasteiger partial charge >= 0.3 is 0 Å². The molecule has 4 rings (SSSR count). The lowest BCUT2D eigenvalue weighted by Gasteiger charge is -2.39. The zero-order valence-corrected chi connectivity index (χ0v) is 20.3. The summed E-state index contributed by atoms with van der Waals surface area (Å²) in [5.41, 5.74) is 1.08. The summed E-state index contributed by atoms with van der Waals surface area (Å²) in [6.07, 6.45) is 0. The van der Waals surface area contributed by atoms with Gasteiger partial charge in [-0.05, 0) is 30.2 Å². The van der Waals surface area contributed by atoms with Gasteiger partial charge in [-0.3, -0.25) is 24.1 Å². The quantitative estimate of drug-likeness (QED) is 0.590. The Hall–Kier alpha value is -3.88. The third-order valence-electron chi connectivity index (χ3n) is 6.47. The number of piperazine rings is 1. The molecule has 9 nitrogen and oxygen atoms in total. The molecule has 2 heterocycles. The van der Waals surface area contributed by atoms with Crippen molar-refractivity contribution in [3.05, 3.63) is 59.2 Å². The Bertz CT molecular complexity index is 1110. The highest BCUT2D eigenvalue weighted by Gasteiger charge is 2.45. The van der Waals surface area contributed by atoms with Crippen LogP contribution in [0, 0.1) is 5.92 Å². The maximum atomic E-state index is 13.5. The summed E-state index contributed by atoms with van der Waals surface area (Å²) in [6, 6.07) is 10.7. The Morgan fingerprint density at radius 1 is 0.800 bits per heavy atom. The molecule has 9 heteroatoms. The zero-order valence-electron chi connectivity index (χ0n) is 20.3.